The molecule has 3 fully saturated rings. The summed E-state index contributed by atoms with van der Waals surface area (Å²) in [6.45, 7) is 1.54. The second-order valence-electron chi connectivity index (χ2n) is 10.8. The van der Waals surface area contributed by atoms with Crippen LogP contribution in [-0.2, 0) is 42.8 Å². The van der Waals surface area contributed by atoms with Crippen LogP contribution in [0.4, 0.5) is 0 Å². The highest BCUT2D eigenvalue weighted by Crippen LogP contribution is 2.31. The second kappa shape index (κ2) is 15.9. The lowest BCUT2D eigenvalue weighted by atomic mass is 9.94. The Kier molecular flexibility index (Phi) is 13.2. The first-order valence-electron chi connectivity index (χ1n) is 13.9. The van der Waals surface area contributed by atoms with E-state index in [0.717, 1.165) is 13.8 Å². The van der Waals surface area contributed by atoms with Gasteiger partial charge in [0, 0.05) is 27.9 Å². The molecule has 3 saturated heterocycles. The largest absolute Gasteiger partial charge is 0.394 e. The lowest BCUT2D eigenvalue weighted by Crippen LogP contribution is -2.70. The van der Waals surface area contributed by atoms with Gasteiger partial charge in [-0.25, -0.2) is 0 Å². The fraction of sp³-hybridized carbons (Fsp3) is 0.880. The van der Waals surface area contributed by atoms with Crippen molar-refractivity contribution in [1.29, 1.82) is 0 Å². The summed E-state index contributed by atoms with van der Waals surface area (Å²) in [6, 6.07) is -3.89. The highest BCUT2D eigenvalue weighted by Gasteiger charge is 2.53. The quantitative estimate of drug-likeness (QED) is 0.100. The minimum atomic E-state index is -1.67. The third kappa shape index (κ3) is 8.37. The van der Waals surface area contributed by atoms with Crippen LogP contribution in [0.15, 0.2) is 0 Å². The minimum absolute atomic E-state index is 0.517. The fourth-order valence-corrected chi connectivity index (χ4v) is 5.35. The van der Waals surface area contributed by atoms with E-state index in [1.54, 1.807) is 0 Å². The molecule has 3 amide bonds. The van der Waals surface area contributed by atoms with Gasteiger partial charge in [-0.3, -0.25) is 14.4 Å². The van der Waals surface area contributed by atoms with Crippen molar-refractivity contribution in [3.8, 4) is 0 Å². The van der Waals surface area contributed by atoms with E-state index >= 15 is 0 Å². The summed E-state index contributed by atoms with van der Waals surface area (Å²) >= 11 is 0. The summed E-state index contributed by atoms with van der Waals surface area (Å²) in [4.78, 5) is 35.7. The van der Waals surface area contributed by atoms with Gasteiger partial charge in [-0.15, -0.1) is 0 Å². The van der Waals surface area contributed by atoms with Crippen LogP contribution in [0.3, 0.4) is 0 Å². The lowest BCUT2D eigenvalue weighted by molar-refractivity contribution is -0.333. The number of aliphatic hydroxyl groups excluding tert-OH is 7. The van der Waals surface area contributed by atoms with Gasteiger partial charge >= 0.3 is 0 Å². The molecule has 0 saturated carbocycles. The molecule has 0 spiro atoms. The van der Waals surface area contributed by atoms with Crippen molar-refractivity contribution in [1.82, 2.24) is 16.0 Å². The van der Waals surface area contributed by atoms with Crippen LogP contribution in [0.1, 0.15) is 20.8 Å². The van der Waals surface area contributed by atoms with Crippen LogP contribution in [0.2, 0.25) is 0 Å². The first kappa shape index (κ1) is 36.4. The number of carbonyl (C=O) groups is 3. The Morgan fingerprint density at radius 3 is 1.50 bits per heavy atom. The molecule has 254 valence electrons. The van der Waals surface area contributed by atoms with Crippen LogP contribution >= 0.6 is 0 Å². The Labute approximate surface area is 252 Å². The Morgan fingerprint density at radius 2 is 1.05 bits per heavy atom. The van der Waals surface area contributed by atoms with Crippen LogP contribution in [0, 0.1) is 0 Å². The van der Waals surface area contributed by atoms with Crippen molar-refractivity contribution in [3.05, 3.63) is 0 Å². The number of aliphatic hydroxyl groups is 7. The number of carbonyl (C=O) groups excluding carboxylic acids is 3. The molecule has 10 N–H and O–H groups in total. The van der Waals surface area contributed by atoms with E-state index in [4.69, 9.17) is 28.4 Å². The average Bonchev–Trinajstić information content (AvgIpc) is 2.96. The van der Waals surface area contributed by atoms with Gasteiger partial charge in [0.2, 0.25) is 17.7 Å². The zero-order valence-electron chi connectivity index (χ0n) is 24.6. The van der Waals surface area contributed by atoms with Crippen molar-refractivity contribution >= 4 is 17.7 Å². The molecular formula is C25H43N3O16. The summed E-state index contributed by atoms with van der Waals surface area (Å²) in [5.74, 6) is -1.78. The van der Waals surface area contributed by atoms with Crippen LogP contribution in [-0.4, -0.2) is 172 Å². The third-order valence-electron chi connectivity index (χ3n) is 7.49. The molecule has 3 heterocycles. The van der Waals surface area contributed by atoms with Crippen LogP contribution in [0.5, 0.6) is 0 Å². The predicted octanol–water partition coefficient (Wildman–Crippen LogP) is -6.49. The van der Waals surface area contributed by atoms with E-state index in [1.165, 1.54) is 14.0 Å². The van der Waals surface area contributed by atoms with E-state index in [-0.39, 0.29) is 0 Å². The standard InChI is InChI=1S/C25H43N3O16/c1-8(31)26-14-20(37)17(34)11(5-29)41-24(14)40-7-13-19(36)22(16(28-10(3)33)23(39-4)43-13)44-25-15(27-9(2)32)21(38)18(35)12(6-30)42-25/h11-25,29-30,34-38H,5-7H2,1-4H3,(H,26,31)(H,27,32)(H,28,33)/t11-,12-,13-,14-,15-,16-,17-,18-,19+,20-,21-,22-,23+,24-,25+/m1/s1. The molecule has 15 atom stereocenters. The number of hydrogen-bond acceptors (Lipinski definition) is 16. The number of methoxy groups -OCH3 is 1. The maximum Gasteiger partial charge on any atom is 0.217 e. The van der Waals surface area contributed by atoms with Crippen LogP contribution < -0.4 is 16.0 Å². The number of rotatable bonds is 11. The zero-order chi connectivity index (χ0) is 32.9. The summed E-state index contributed by atoms with van der Waals surface area (Å²) in [6.07, 6.45) is -17.8. The van der Waals surface area contributed by atoms with E-state index < -0.39 is 129 Å². The second-order valence-corrected chi connectivity index (χ2v) is 10.8. The summed E-state index contributed by atoms with van der Waals surface area (Å²) in [5.41, 5.74) is 0. The maximum atomic E-state index is 12.1. The van der Waals surface area contributed by atoms with Crippen molar-refractivity contribution in [2.45, 2.75) is 113 Å². The SMILES string of the molecule is CO[C@H]1O[C@H](CO[C@@H]2O[C@H](CO)[C@@H](O)[C@H](O)[C@H]2NC(C)=O)[C@H](O)[C@H](O[C@@H]2O[C@H](CO)[C@@H](O)[C@H](O)[C@H]2NC(C)=O)[C@H]1NC(C)=O. The fourth-order valence-electron chi connectivity index (χ4n) is 5.35. The van der Waals surface area contributed by atoms with Crippen LogP contribution in [0.25, 0.3) is 0 Å². The molecule has 19 nitrogen and oxygen atoms in total. The van der Waals surface area contributed by atoms with Gasteiger partial charge in [0.15, 0.2) is 18.9 Å². The molecule has 44 heavy (non-hydrogen) atoms. The summed E-state index contributed by atoms with van der Waals surface area (Å²) < 4.78 is 34.1. The maximum absolute atomic E-state index is 12.1. The van der Waals surface area contributed by atoms with Crippen molar-refractivity contribution in [2.75, 3.05) is 26.9 Å². The molecule has 0 aromatic carbocycles. The molecule has 0 aromatic rings. The summed E-state index contributed by atoms with van der Waals surface area (Å²) in [7, 11) is 1.24. The molecule has 0 bridgehead atoms. The van der Waals surface area contributed by atoms with Gasteiger partial charge in [-0.2, -0.15) is 0 Å². The number of ether oxygens (including phenoxy) is 6. The van der Waals surface area contributed by atoms with Gasteiger partial charge in [-0.05, 0) is 0 Å². The van der Waals surface area contributed by atoms with E-state index in [9.17, 15) is 50.1 Å². The van der Waals surface area contributed by atoms with Crippen molar-refractivity contribution in [3.63, 3.8) is 0 Å². The minimum Gasteiger partial charge on any atom is -0.394 e. The van der Waals surface area contributed by atoms with Gasteiger partial charge in [0.05, 0.1) is 19.8 Å². The van der Waals surface area contributed by atoms with Crippen molar-refractivity contribution < 1.29 is 78.6 Å². The molecule has 3 aliphatic rings. The monoisotopic (exact) mass is 641 g/mol. The molecule has 0 unspecified atom stereocenters. The molecule has 3 rings (SSSR count). The Balaban J connectivity index is 1.88. The van der Waals surface area contributed by atoms with Gasteiger partial charge in [-0.1, -0.05) is 0 Å². The first-order valence-corrected chi connectivity index (χ1v) is 13.9. The highest BCUT2D eigenvalue weighted by atomic mass is 16.7. The van der Waals surface area contributed by atoms with Gasteiger partial charge in [0.1, 0.15) is 73.1 Å². The number of nitrogens with one attached hydrogen (secondary N) is 3. The third-order valence-corrected chi connectivity index (χ3v) is 7.49. The molecule has 0 radical (unpaired) electrons. The zero-order valence-corrected chi connectivity index (χ0v) is 24.6. The van der Waals surface area contributed by atoms with Gasteiger partial charge in [0.25, 0.3) is 0 Å². The Bertz CT molecular complexity index is 978. The molecule has 0 aromatic heterocycles. The predicted molar refractivity (Wildman–Crippen MR) is 141 cm³/mol. The molecule has 0 aliphatic carbocycles. The Hall–Kier alpha value is -2.11. The average molecular weight is 642 g/mol. The van der Waals surface area contributed by atoms with Gasteiger partial charge < -0.3 is 80.1 Å². The molecule has 3 aliphatic heterocycles. The van der Waals surface area contributed by atoms with E-state index in [0.29, 0.717) is 0 Å². The van der Waals surface area contributed by atoms with Crippen molar-refractivity contribution in [2.24, 2.45) is 0 Å². The topological polar surface area (TPSA) is 284 Å². The highest BCUT2D eigenvalue weighted by molar-refractivity contribution is 5.74. The summed E-state index contributed by atoms with van der Waals surface area (Å²) in [5, 5.41) is 79.8. The normalized spacial score (nSPS) is 42.8. The molecule has 19 heteroatoms. The molecular weight excluding hydrogens is 598 g/mol. The first-order chi connectivity index (χ1) is 20.7. The van der Waals surface area contributed by atoms with E-state index in [2.05, 4.69) is 16.0 Å². The number of hydrogen-bond donors (Lipinski definition) is 10. The lowest BCUT2D eigenvalue weighted by Gasteiger charge is -2.48. The van der Waals surface area contributed by atoms with E-state index in [1.807, 2.05) is 0 Å². The number of amides is 3. The smallest absolute Gasteiger partial charge is 0.217 e. The Morgan fingerprint density at radius 1 is 0.614 bits per heavy atom.